The number of aryl methyl sites for hydroxylation is 2. The minimum absolute atomic E-state index is 0.0209. The van der Waals surface area contributed by atoms with Crippen molar-refractivity contribution in [3.63, 3.8) is 0 Å². The maximum atomic E-state index is 12.0. The highest BCUT2D eigenvalue weighted by Gasteiger charge is 2.15. The Balaban J connectivity index is 1.31. The van der Waals surface area contributed by atoms with E-state index in [0.717, 1.165) is 56.8 Å². The molecule has 8 nitrogen and oxygen atoms in total. The highest BCUT2D eigenvalue weighted by Crippen LogP contribution is 2.15. The molecule has 1 saturated heterocycles. The lowest BCUT2D eigenvalue weighted by atomic mass is 10.1. The summed E-state index contributed by atoms with van der Waals surface area (Å²) in [6, 6.07) is 7.65. The molecular formula is C21H30N6O2S. The second-order valence-electron chi connectivity index (χ2n) is 7.37. The Morgan fingerprint density at radius 1 is 1.30 bits per heavy atom. The third-order valence-electron chi connectivity index (χ3n) is 4.97. The molecule has 1 aliphatic rings. The van der Waals surface area contributed by atoms with Crippen LogP contribution in [0.15, 0.2) is 36.8 Å². The molecule has 162 valence electrons. The van der Waals surface area contributed by atoms with E-state index in [1.54, 1.807) is 0 Å². The van der Waals surface area contributed by atoms with Crippen molar-refractivity contribution < 1.29 is 9.53 Å². The molecule has 2 heterocycles. The first kappa shape index (κ1) is 22.0. The fourth-order valence-electron chi connectivity index (χ4n) is 3.27. The number of nitrogens with one attached hydrogen (secondary N) is 4. The molecule has 0 aliphatic carbocycles. The number of rotatable bonds is 9. The highest BCUT2D eigenvalue weighted by molar-refractivity contribution is 7.80. The molecule has 3 rings (SSSR count). The van der Waals surface area contributed by atoms with Crippen LogP contribution in [0.4, 0.5) is 5.69 Å². The number of carbonyl (C=O) groups is 1. The van der Waals surface area contributed by atoms with E-state index < -0.39 is 0 Å². The Bertz CT molecular complexity index is 817. The Labute approximate surface area is 182 Å². The van der Waals surface area contributed by atoms with Crippen molar-refractivity contribution in [1.29, 1.82) is 0 Å². The van der Waals surface area contributed by atoms with E-state index in [2.05, 4.69) is 30.8 Å². The number of piperidine rings is 1. The number of imidazole rings is 1. The van der Waals surface area contributed by atoms with Crippen molar-refractivity contribution in [2.75, 3.05) is 31.6 Å². The number of hydrogen-bond donors (Lipinski definition) is 4. The summed E-state index contributed by atoms with van der Waals surface area (Å²) in [6.07, 6.45) is 6.57. The molecule has 0 bridgehead atoms. The molecule has 1 aromatic heterocycles. The zero-order chi connectivity index (χ0) is 21.2. The Hall–Kier alpha value is -2.65. The fourth-order valence-corrected chi connectivity index (χ4v) is 3.49. The van der Waals surface area contributed by atoms with Gasteiger partial charge in [-0.2, -0.15) is 0 Å². The van der Waals surface area contributed by atoms with Gasteiger partial charge in [0.25, 0.3) is 5.91 Å². The van der Waals surface area contributed by atoms with E-state index in [4.69, 9.17) is 17.0 Å². The first-order chi connectivity index (χ1) is 14.6. The summed E-state index contributed by atoms with van der Waals surface area (Å²) in [5.41, 5.74) is 2.02. The average molecular weight is 431 g/mol. The fraction of sp³-hybridized carbons (Fsp3) is 0.476. The summed E-state index contributed by atoms with van der Waals surface area (Å²) in [5, 5.41) is 13.2. The number of aromatic nitrogens is 2. The maximum Gasteiger partial charge on any atom is 0.258 e. The van der Waals surface area contributed by atoms with E-state index >= 15 is 0 Å². The van der Waals surface area contributed by atoms with Crippen LogP contribution in [0.25, 0.3) is 0 Å². The number of anilines is 1. The molecule has 1 amide bonds. The molecule has 0 radical (unpaired) electrons. The monoisotopic (exact) mass is 430 g/mol. The SMILES string of the molecule is Cc1cncn1CCCNC(=S)Nc1ccc(OCC(=O)NC2CCNCC2)cc1. The van der Waals surface area contributed by atoms with E-state index in [9.17, 15) is 4.79 Å². The number of amides is 1. The molecule has 1 aliphatic heterocycles. The van der Waals surface area contributed by atoms with Crippen molar-refractivity contribution in [2.24, 2.45) is 0 Å². The minimum Gasteiger partial charge on any atom is -0.484 e. The van der Waals surface area contributed by atoms with Crippen molar-refractivity contribution >= 4 is 28.9 Å². The molecular weight excluding hydrogens is 400 g/mol. The number of hydrogen-bond acceptors (Lipinski definition) is 5. The van der Waals surface area contributed by atoms with Gasteiger partial charge in [-0.15, -0.1) is 0 Å². The van der Waals surface area contributed by atoms with Crippen LogP contribution in [0, 0.1) is 6.92 Å². The van der Waals surface area contributed by atoms with Gasteiger partial charge in [0.05, 0.1) is 6.33 Å². The van der Waals surface area contributed by atoms with E-state index in [1.807, 2.05) is 43.7 Å². The number of nitrogens with zero attached hydrogens (tertiary/aromatic N) is 2. The lowest BCUT2D eigenvalue weighted by Gasteiger charge is -2.23. The van der Waals surface area contributed by atoms with Gasteiger partial charge in [-0.05, 0) is 75.8 Å². The summed E-state index contributed by atoms with van der Waals surface area (Å²) >= 11 is 5.34. The van der Waals surface area contributed by atoms with Crippen molar-refractivity contribution in [3.05, 3.63) is 42.5 Å². The van der Waals surface area contributed by atoms with Crippen LogP contribution < -0.4 is 26.0 Å². The zero-order valence-electron chi connectivity index (χ0n) is 17.3. The summed E-state index contributed by atoms with van der Waals surface area (Å²) in [6.45, 7) is 5.63. The largest absolute Gasteiger partial charge is 0.484 e. The second-order valence-corrected chi connectivity index (χ2v) is 7.78. The Kier molecular flexibility index (Phi) is 8.46. The normalized spacial score (nSPS) is 14.2. The standard InChI is InChI=1S/C21H30N6O2S/c1-16-13-23-15-27(16)12-2-9-24-21(30)26-17-3-5-19(6-4-17)29-14-20(28)25-18-7-10-22-11-8-18/h3-6,13,15,18,22H,2,7-12,14H2,1H3,(H,25,28)(H2,24,26,30). The zero-order valence-corrected chi connectivity index (χ0v) is 18.1. The maximum absolute atomic E-state index is 12.0. The molecule has 30 heavy (non-hydrogen) atoms. The molecule has 1 fully saturated rings. The van der Waals surface area contributed by atoms with Gasteiger partial charge in [0.1, 0.15) is 5.75 Å². The predicted molar refractivity (Wildman–Crippen MR) is 122 cm³/mol. The number of ether oxygens (including phenoxy) is 1. The van der Waals surface area contributed by atoms with Crippen LogP contribution >= 0.6 is 12.2 Å². The van der Waals surface area contributed by atoms with E-state index in [-0.39, 0.29) is 18.6 Å². The number of benzene rings is 1. The Morgan fingerprint density at radius 3 is 2.77 bits per heavy atom. The van der Waals surface area contributed by atoms with Crippen LogP contribution in [-0.2, 0) is 11.3 Å². The third-order valence-corrected chi connectivity index (χ3v) is 5.21. The van der Waals surface area contributed by atoms with Crippen molar-refractivity contribution in [2.45, 2.75) is 38.8 Å². The molecule has 0 saturated carbocycles. The molecule has 2 aromatic rings. The van der Waals surface area contributed by atoms with E-state index in [0.29, 0.717) is 10.9 Å². The van der Waals surface area contributed by atoms with Crippen LogP contribution in [0.1, 0.15) is 25.0 Å². The number of carbonyl (C=O) groups excluding carboxylic acids is 1. The van der Waals surface area contributed by atoms with Gasteiger partial charge in [0.2, 0.25) is 0 Å². The third kappa shape index (κ3) is 7.31. The van der Waals surface area contributed by atoms with E-state index in [1.165, 1.54) is 0 Å². The lowest BCUT2D eigenvalue weighted by Crippen LogP contribution is -2.44. The van der Waals surface area contributed by atoms with Crippen LogP contribution in [0.2, 0.25) is 0 Å². The molecule has 0 spiro atoms. The van der Waals surface area contributed by atoms with Crippen LogP contribution in [0.5, 0.6) is 5.75 Å². The molecule has 1 aromatic carbocycles. The van der Waals surface area contributed by atoms with Crippen molar-refractivity contribution in [1.82, 2.24) is 25.5 Å². The van der Waals surface area contributed by atoms with Crippen LogP contribution in [-0.4, -0.2) is 52.9 Å². The second kappa shape index (κ2) is 11.5. The van der Waals surface area contributed by atoms with Gasteiger partial charge in [-0.1, -0.05) is 0 Å². The van der Waals surface area contributed by atoms with Gasteiger partial charge in [0, 0.05) is 36.7 Å². The van der Waals surface area contributed by atoms with Crippen LogP contribution in [0.3, 0.4) is 0 Å². The van der Waals surface area contributed by atoms with Gasteiger partial charge >= 0.3 is 0 Å². The van der Waals surface area contributed by atoms with Crippen molar-refractivity contribution in [3.8, 4) is 5.75 Å². The molecule has 9 heteroatoms. The molecule has 0 atom stereocenters. The first-order valence-corrected chi connectivity index (χ1v) is 10.8. The smallest absolute Gasteiger partial charge is 0.258 e. The predicted octanol–water partition coefficient (Wildman–Crippen LogP) is 1.82. The summed E-state index contributed by atoms with van der Waals surface area (Å²) < 4.78 is 7.70. The first-order valence-electron chi connectivity index (χ1n) is 10.3. The highest BCUT2D eigenvalue weighted by atomic mass is 32.1. The summed E-state index contributed by atoms with van der Waals surface area (Å²) in [7, 11) is 0. The summed E-state index contributed by atoms with van der Waals surface area (Å²) in [5.74, 6) is 0.566. The quantitative estimate of drug-likeness (QED) is 0.356. The van der Waals surface area contributed by atoms with Gasteiger partial charge in [-0.3, -0.25) is 4.79 Å². The van der Waals surface area contributed by atoms with Gasteiger partial charge in [-0.25, -0.2) is 4.98 Å². The molecule has 4 N–H and O–H groups in total. The molecule has 0 unspecified atom stereocenters. The lowest BCUT2D eigenvalue weighted by molar-refractivity contribution is -0.123. The van der Waals surface area contributed by atoms with Gasteiger partial charge < -0.3 is 30.6 Å². The topological polar surface area (TPSA) is 92.2 Å². The van der Waals surface area contributed by atoms with Gasteiger partial charge in [0.15, 0.2) is 11.7 Å². The average Bonchev–Trinajstić information content (AvgIpc) is 3.16. The minimum atomic E-state index is -0.0830. The Morgan fingerprint density at radius 2 is 2.07 bits per heavy atom. The number of thiocarbonyl (C=S) groups is 1. The summed E-state index contributed by atoms with van der Waals surface area (Å²) in [4.78, 5) is 16.1.